The van der Waals surface area contributed by atoms with Crippen LogP contribution in [-0.2, 0) is 13.6 Å². The standard InChI is InChI=1S/C23H25N7O2S/c1-15-10-19(20-12-25-30(21(20)26-15)14-18-4-3-9-33-18)23(32)29-7-5-17(6-8-29)27-22(31)16-11-24-28(2)13-16/h3-4,9-13,17H,5-8,14H2,1-2H3,(H,27,31). The van der Waals surface area contributed by atoms with E-state index in [4.69, 9.17) is 0 Å². The molecule has 0 bridgehead atoms. The number of nitrogens with zero attached hydrogens (tertiary/aromatic N) is 6. The van der Waals surface area contributed by atoms with Crippen molar-refractivity contribution >= 4 is 34.2 Å². The van der Waals surface area contributed by atoms with Gasteiger partial charge in [0.1, 0.15) is 0 Å². The van der Waals surface area contributed by atoms with Crippen molar-refractivity contribution < 1.29 is 9.59 Å². The van der Waals surface area contributed by atoms with Gasteiger partial charge >= 0.3 is 0 Å². The largest absolute Gasteiger partial charge is 0.349 e. The van der Waals surface area contributed by atoms with Crippen LogP contribution in [0.1, 0.15) is 44.1 Å². The zero-order valence-electron chi connectivity index (χ0n) is 18.6. The van der Waals surface area contributed by atoms with Crippen LogP contribution in [0.5, 0.6) is 0 Å². The number of aryl methyl sites for hydroxylation is 2. The summed E-state index contributed by atoms with van der Waals surface area (Å²) in [5.74, 6) is -0.143. The van der Waals surface area contributed by atoms with Gasteiger partial charge in [0.05, 0.1) is 35.5 Å². The van der Waals surface area contributed by atoms with E-state index in [1.54, 1.807) is 41.7 Å². The number of amides is 2. The highest BCUT2D eigenvalue weighted by atomic mass is 32.1. The van der Waals surface area contributed by atoms with Gasteiger partial charge in [-0.3, -0.25) is 14.3 Å². The van der Waals surface area contributed by atoms with Crippen LogP contribution in [0.2, 0.25) is 0 Å². The van der Waals surface area contributed by atoms with E-state index in [2.05, 4.69) is 26.6 Å². The van der Waals surface area contributed by atoms with Crippen molar-refractivity contribution in [3.05, 3.63) is 63.9 Å². The number of rotatable bonds is 5. The van der Waals surface area contributed by atoms with Crippen molar-refractivity contribution in [1.29, 1.82) is 0 Å². The molecule has 0 saturated carbocycles. The van der Waals surface area contributed by atoms with Gasteiger partial charge in [-0.1, -0.05) is 6.07 Å². The summed E-state index contributed by atoms with van der Waals surface area (Å²) >= 11 is 1.67. The minimum atomic E-state index is -0.127. The average Bonchev–Trinajstić information content (AvgIpc) is 3.56. The van der Waals surface area contributed by atoms with E-state index < -0.39 is 0 Å². The zero-order valence-corrected chi connectivity index (χ0v) is 19.4. The Morgan fingerprint density at radius 2 is 2.03 bits per heavy atom. The second kappa shape index (κ2) is 8.78. The molecule has 1 N–H and O–H groups in total. The average molecular weight is 464 g/mol. The maximum Gasteiger partial charge on any atom is 0.254 e. The van der Waals surface area contributed by atoms with Gasteiger partial charge < -0.3 is 10.2 Å². The number of carbonyl (C=O) groups is 2. The van der Waals surface area contributed by atoms with Gasteiger partial charge in [0, 0.05) is 42.9 Å². The summed E-state index contributed by atoms with van der Waals surface area (Å²) in [6, 6.07) is 5.96. The third-order valence-corrected chi connectivity index (χ3v) is 6.80. The van der Waals surface area contributed by atoms with Gasteiger partial charge in [0.15, 0.2) is 5.65 Å². The van der Waals surface area contributed by atoms with Crippen molar-refractivity contribution in [1.82, 2.24) is 34.8 Å². The molecule has 0 spiro atoms. The Bertz CT molecular complexity index is 1300. The molecule has 1 aliphatic rings. The first-order valence-electron chi connectivity index (χ1n) is 10.9. The minimum absolute atomic E-state index is 0.0155. The molecule has 0 unspecified atom stereocenters. The Balaban J connectivity index is 1.28. The van der Waals surface area contributed by atoms with Crippen molar-refractivity contribution in [2.45, 2.75) is 32.4 Å². The zero-order chi connectivity index (χ0) is 22.9. The molecular formula is C23H25N7O2S. The molecule has 9 nitrogen and oxygen atoms in total. The van der Waals surface area contributed by atoms with Crippen molar-refractivity contribution in [2.75, 3.05) is 13.1 Å². The van der Waals surface area contributed by atoms with E-state index in [1.807, 2.05) is 34.0 Å². The summed E-state index contributed by atoms with van der Waals surface area (Å²) in [5, 5.41) is 14.4. The number of likely N-dealkylation sites (tertiary alicyclic amines) is 1. The van der Waals surface area contributed by atoms with Crippen LogP contribution in [-0.4, -0.2) is 60.4 Å². The van der Waals surface area contributed by atoms with E-state index in [0.29, 0.717) is 43.6 Å². The van der Waals surface area contributed by atoms with Crippen LogP contribution < -0.4 is 5.32 Å². The van der Waals surface area contributed by atoms with Crippen LogP contribution in [0.15, 0.2) is 42.2 Å². The van der Waals surface area contributed by atoms with Crippen molar-refractivity contribution in [2.24, 2.45) is 7.05 Å². The van der Waals surface area contributed by atoms with E-state index in [9.17, 15) is 9.59 Å². The third-order valence-electron chi connectivity index (χ3n) is 5.94. The molecule has 2 amide bonds. The van der Waals surface area contributed by atoms with Crippen LogP contribution in [0, 0.1) is 6.92 Å². The first-order chi connectivity index (χ1) is 16.0. The Hall–Kier alpha value is -3.53. The van der Waals surface area contributed by atoms with E-state index in [-0.39, 0.29) is 17.9 Å². The number of carbonyl (C=O) groups excluding carboxylic acids is 2. The normalized spacial score (nSPS) is 14.7. The van der Waals surface area contributed by atoms with Gasteiger partial charge in [-0.25, -0.2) is 9.67 Å². The van der Waals surface area contributed by atoms with Crippen LogP contribution in [0.3, 0.4) is 0 Å². The predicted octanol–water partition coefficient (Wildman–Crippen LogP) is 2.62. The lowest BCUT2D eigenvalue weighted by atomic mass is 10.0. The number of hydrogen-bond acceptors (Lipinski definition) is 6. The maximum atomic E-state index is 13.4. The molecule has 4 aromatic heterocycles. The molecule has 5 heterocycles. The number of fused-ring (bicyclic) bond motifs is 1. The maximum absolute atomic E-state index is 13.4. The van der Waals surface area contributed by atoms with E-state index in [0.717, 1.165) is 16.7 Å². The molecule has 0 aromatic carbocycles. The summed E-state index contributed by atoms with van der Waals surface area (Å²) in [5.41, 5.74) is 2.70. The molecule has 0 radical (unpaired) electrons. The highest BCUT2D eigenvalue weighted by Crippen LogP contribution is 2.23. The number of thiophene rings is 1. The highest BCUT2D eigenvalue weighted by Gasteiger charge is 2.27. The monoisotopic (exact) mass is 463 g/mol. The molecule has 1 saturated heterocycles. The number of pyridine rings is 1. The fraction of sp³-hybridized carbons (Fsp3) is 0.348. The molecule has 1 fully saturated rings. The van der Waals surface area contributed by atoms with Gasteiger partial charge in [0.2, 0.25) is 0 Å². The van der Waals surface area contributed by atoms with E-state index >= 15 is 0 Å². The fourth-order valence-corrected chi connectivity index (χ4v) is 4.91. The quantitative estimate of drug-likeness (QED) is 0.491. The van der Waals surface area contributed by atoms with Gasteiger partial charge in [-0.05, 0) is 37.3 Å². The number of nitrogens with one attached hydrogen (secondary N) is 1. The third kappa shape index (κ3) is 4.38. The van der Waals surface area contributed by atoms with Gasteiger partial charge in [0.25, 0.3) is 11.8 Å². The summed E-state index contributed by atoms with van der Waals surface area (Å²) in [6.45, 7) is 3.71. The minimum Gasteiger partial charge on any atom is -0.349 e. The Kier molecular flexibility index (Phi) is 5.67. The van der Waals surface area contributed by atoms with Crippen LogP contribution in [0.25, 0.3) is 11.0 Å². The molecule has 1 aliphatic heterocycles. The SMILES string of the molecule is Cc1cc(C(=O)N2CCC(NC(=O)c3cnn(C)c3)CC2)c2cnn(Cc3cccs3)c2n1. The molecule has 170 valence electrons. The highest BCUT2D eigenvalue weighted by molar-refractivity contribution is 7.09. The Morgan fingerprint density at radius 3 is 2.73 bits per heavy atom. The van der Waals surface area contributed by atoms with Gasteiger partial charge in [-0.15, -0.1) is 11.3 Å². The second-order valence-corrected chi connectivity index (χ2v) is 9.40. The topological polar surface area (TPSA) is 97.9 Å². The molecule has 0 aliphatic carbocycles. The number of piperidine rings is 1. The van der Waals surface area contributed by atoms with Gasteiger partial charge in [-0.2, -0.15) is 10.2 Å². The summed E-state index contributed by atoms with van der Waals surface area (Å²) in [6.07, 6.45) is 6.42. The Labute approximate surface area is 195 Å². The summed E-state index contributed by atoms with van der Waals surface area (Å²) < 4.78 is 3.46. The number of hydrogen-bond donors (Lipinski definition) is 1. The van der Waals surface area contributed by atoms with Crippen molar-refractivity contribution in [3.8, 4) is 0 Å². The van der Waals surface area contributed by atoms with Crippen LogP contribution in [0.4, 0.5) is 0 Å². The first-order valence-corrected chi connectivity index (χ1v) is 11.8. The lowest BCUT2D eigenvalue weighted by Gasteiger charge is -2.32. The molecule has 0 atom stereocenters. The second-order valence-electron chi connectivity index (χ2n) is 8.37. The molecule has 4 aromatic rings. The van der Waals surface area contributed by atoms with Crippen molar-refractivity contribution in [3.63, 3.8) is 0 Å². The van der Waals surface area contributed by atoms with E-state index in [1.165, 1.54) is 4.88 Å². The predicted molar refractivity (Wildman–Crippen MR) is 125 cm³/mol. The lowest BCUT2D eigenvalue weighted by molar-refractivity contribution is 0.0700. The number of aromatic nitrogens is 5. The molecule has 5 rings (SSSR count). The molecular weight excluding hydrogens is 438 g/mol. The summed E-state index contributed by atoms with van der Waals surface area (Å²) in [7, 11) is 1.78. The van der Waals surface area contributed by atoms with Crippen LogP contribution >= 0.6 is 11.3 Å². The summed E-state index contributed by atoms with van der Waals surface area (Å²) in [4.78, 5) is 33.5. The smallest absolute Gasteiger partial charge is 0.254 e. The molecule has 33 heavy (non-hydrogen) atoms. The molecule has 10 heteroatoms. The fourth-order valence-electron chi connectivity index (χ4n) is 4.22. The lowest BCUT2D eigenvalue weighted by Crippen LogP contribution is -2.46. The Morgan fingerprint density at radius 1 is 1.21 bits per heavy atom. The first kappa shape index (κ1) is 21.3.